The number of nitrogens with zero attached hydrogens (tertiary/aromatic N) is 1. The second kappa shape index (κ2) is 7.99. The standard InChI is InChI=1S/C20H19FN2O4/c1-2-27-20(26)16-5-3-4-6-17(16)22-19(25)13-11-18(24)23(12-13)15-9-7-14(21)8-10-15/h3-10,13H,2,11-12H2,1H3,(H,22,25)/t13-/m1/s1. The van der Waals surface area contributed by atoms with Crippen LogP contribution in [0.1, 0.15) is 23.7 Å². The van der Waals surface area contributed by atoms with E-state index >= 15 is 0 Å². The fourth-order valence-electron chi connectivity index (χ4n) is 2.97. The predicted octanol–water partition coefficient (Wildman–Crippen LogP) is 2.99. The molecule has 3 rings (SSSR count). The van der Waals surface area contributed by atoms with Crippen molar-refractivity contribution in [2.45, 2.75) is 13.3 Å². The molecule has 1 heterocycles. The van der Waals surface area contributed by atoms with Crippen molar-refractivity contribution >= 4 is 29.2 Å². The molecule has 0 unspecified atom stereocenters. The van der Waals surface area contributed by atoms with Crippen LogP contribution in [0, 0.1) is 11.7 Å². The molecule has 1 saturated heterocycles. The van der Waals surface area contributed by atoms with Crippen LogP contribution in [0.4, 0.5) is 15.8 Å². The van der Waals surface area contributed by atoms with Crippen LogP contribution in [0.3, 0.4) is 0 Å². The number of ether oxygens (including phenoxy) is 1. The number of amides is 2. The van der Waals surface area contributed by atoms with Gasteiger partial charge in [-0.15, -0.1) is 0 Å². The Balaban J connectivity index is 1.72. The third kappa shape index (κ3) is 4.13. The van der Waals surface area contributed by atoms with Crippen molar-refractivity contribution in [3.05, 3.63) is 59.9 Å². The van der Waals surface area contributed by atoms with Crippen LogP contribution in [0.15, 0.2) is 48.5 Å². The van der Waals surface area contributed by atoms with Crippen molar-refractivity contribution in [2.75, 3.05) is 23.4 Å². The summed E-state index contributed by atoms with van der Waals surface area (Å²) in [6.07, 6.45) is 0.0464. The summed E-state index contributed by atoms with van der Waals surface area (Å²) in [5.41, 5.74) is 1.14. The Kier molecular flexibility index (Phi) is 5.49. The number of rotatable bonds is 5. The molecule has 1 aliphatic rings. The van der Waals surface area contributed by atoms with Crippen LogP contribution in [0.2, 0.25) is 0 Å². The molecule has 1 aliphatic heterocycles. The van der Waals surface area contributed by atoms with Gasteiger partial charge in [0.05, 0.1) is 23.8 Å². The van der Waals surface area contributed by atoms with Gasteiger partial charge in [0.15, 0.2) is 0 Å². The van der Waals surface area contributed by atoms with Crippen LogP contribution in [0.5, 0.6) is 0 Å². The smallest absolute Gasteiger partial charge is 0.340 e. The molecule has 2 aromatic rings. The highest BCUT2D eigenvalue weighted by atomic mass is 19.1. The van der Waals surface area contributed by atoms with Crippen molar-refractivity contribution in [1.82, 2.24) is 0 Å². The number of para-hydroxylation sites is 1. The highest BCUT2D eigenvalue weighted by Crippen LogP contribution is 2.27. The maximum Gasteiger partial charge on any atom is 0.340 e. The molecule has 140 valence electrons. The molecule has 2 amide bonds. The minimum atomic E-state index is -0.571. The molecule has 0 aromatic heterocycles. The number of benzene rings is 2. The van der Waals surface area contributed by atoms with Crippen molar-refractivity contribution in [3.8, 4) is 0 Å². The van der Waals surface area contributed by atoms with Crippen LogP contribution >= 0.6 is 0 Å². The maximum atomic E-state index is 13.1. The SMILES string of the molecule is CCOC(=O)c1ccccc1NC(=O)[C@@H]1CC(=O)N(c2ccc(F)cc2)C1. The molecule has 1 N–H and O–H groups in total. The van der Waals surface area contributed by atoms with Crippen molar-refractivity contribution in [2.24, 2.45) is 5.92 Å². The third-order valence-electron chi connectivity index (χ3n) is 4.31. The van der Waals surface area contributed by atoms with Gasteiger partial charge < -0.3 is 15.0 Å². The van der Waals surface area contributed by atoms with Crippen molar-refractivity contribution in [3.63, 3.8) is 0 Å². The van der Waals surface area contributed by atoms with Gasteiger partial charge >= 0.3 is 5.97 Å². The van der Waals surface area contributed by atoms with Crippen LogP contribution in [-0.2, 0) is 14.3 Å². The van der Waals surface area contributed by atoms with E-state index in [1.54, 1.807) is 31.2 Å². The highest BCUT2D eigenvalue weighted by molar-refractivity contribution is 6.06. The van der Waals surface area contributed by atoms with Gasteiger partial charge in [0.2, 0.25) is 11.8 Å². The molecular weight excluding hydrogens is 351 g/mol. The highest BCUT2D eigenvalue weighted by Gasteiger charge is 2.35. The van der Waals surface area contributed by atoms with Gasteiger partial charge in [0.25, 0.3) is 0 Å². The van der Waals surface area contributed by atoms with Gasteiger partial charge in [-0.05, 0) is 43.3 Å². The van der Waals surface area contributed by atoms with Crippen LogP contribution in [0.25, 0.3) is 0 Å². The van der Waals surface area contributed by atoms with Gasteiger partial charge in [-0.2, -0.15) is 0 Å². The summed E-state index contributed by atoms with van der Waals surface area (Å²) in [4.78, 5) is 38.4. The number of hydrogen-bond acceptors (Lipinski definition) is 4. The number of anilines is 2. The number of carbonyl (C=O) groups is 3. The number of nitrogens with one attached hydrogen (secondary N) is 1. The Labute approximate surface area is 155 Å². The minimum Gasteiger partial charge on any atom is -0.462 e. The Morgan fingerprint density at radius 1 is 1.19 bits per heavy atom. The molecule has 2 aromatic carbocycles. The van der Waals surface area contributed by atoms with Crippen molar-refractivity contribution < 1.29 is 23.5 Å². The van der Waals surface area contributed by atoms with Crippen LogP contribution in [-0.4, -0.2) is 30.9 Å². The average Bonchev–Trinajstić information content (AvgIpc) is 3.05. The first-order valence-corrected chi connectivity index (χ1v) is 8.62. The molecule has 27 heavy (non-hydrogen) atoms. The molecule has 0 spiro atoms. The van der Waals surface area contributed by atoms with E-state index in [-0.39, 0.29) is 37.0 Å². The normalized spacial score (nSPS) is 16.3. The largest absolute Gasteiger partial charge is 0.462 e. The number of hydrogen-bond donors (Lipinski definition) is 1. The van der Waals surface area contributed by atoms with E-state index in [0.29, 0.717) is 11.4 Å². The fourth-order valence-corrected chi connectivity index (χ4v) is 2.97. The molecule has 0 bridgehead atoms. The summed E-state index contributed by atoms with van der Waals surface area (Å²) in [5.74, 6) is -2.05. The lowest BCUT2D eigenvalue weighted by atomic mass is 10.1. The molecule has 6 nitrogen and oxygen atoms in total. The first-order valence-electron chi connectivity index (χ1n) is 8.62. The fraction of sp³-hybridized carbons (Fsp3) is 0.250. The minimum absolute atomic E-state index is 0.0464. The molecule has 7 heteroatoms. The number of esters is 1. The summed E-state index contributed by atoms with van der Waals surface area (Å²) in [6, 6.07) is 12.1. The first-order chi connectivity index (χ1) is 13.0. The van der Waals surface area contributed by atoms with E-state index in [1.807, 2.05) is 0 Å². The van der Waals surface area contributed by atoms with E-state index in [9.17, 15) is 18.8 Å². The van der Waals surface area contributed by atoms with Gasteiger partial charge in [0, 0.05) is 18.7 Å². The summed E-state index contributed by atoms with van der Waals surface area (Å²) < 4.78 is 18.1. The Morgan fingerprint density at radius 2 is 1.89 bits per heavy atom. The van der Waals surface area contributed by atoms with Crippen LogP contribution < -0.4 is 10.2 Å². The zero-order chi connectivity index (χ0) is 19.4. The van der Waals surface area contributed by atoms with Gasteiger partial charge in [0.1, 0.15) is 5.82 Å². The molecule has 0 radical (unpaired) electrons. The molecule has 0 saturated carbocycles. The quantitative estimate of drug-likeness (QED) is 0.821. The summed E-state index contributed by atoms with van der Waals surface area (Å²) in [5, 5.41) is 2.71. The predicted molar refractivity (Wildman–Crippen MR) is 97.9 cm³/mol. The van der Waals surface area contributed by atoms with E-state index in [0.717, 1.165) is 0 Å². The third-order valence-corrected chi connectivity index (χ3v) is 4.31. The summed E-state index contributed by atoms with van der Waals surface area (Å²) >= 11 is 0. The zero-order valence-corrected chi connectivity index (χ0v) is 14.8. The number of carbonyl (C=O) groups excluding carboxylic acids is 3. The summed E-state index contributed by atoms with van der Waals surface area (Å²) in [6.45, 7) is 2.12. The molecular formula is C20H19FN2O4. The molecule has 0 aliphatic carbocycles. The van der Waals surface area contributed by atoms with E-state index in [1.165, 1.54) is 29.2 Å². The maximum absolute atomic E-state index is 13.1. The first kappa shape index (κ1) is 18.6. The second-order valence-electron chi connectivity index (χ2n) is 6.14. The van der Waals surface area contributed by atoms with Gasteiger partial charge in [-0.1, -0.05) is 12.1 Å². The van der Waals surface area contributed by atoms with Gasteiger partial charge in [-0.25, -0.2) is 9.18 Å². The van der Waals surface area contributed by atoms with E-state index in [2.05, 4.69) is 5.32 Å². The molecule has 1 fully saturated rings. The molecule has 1 atom stereocenters. The summed E-state index contributed by atoms with van der Waals surface area (Å²) in [7, 11) is 0. The van der Waals surface area contributed by atoms with Crippen molar-refractivity contribution in [1.29, 1.82) is 0 Å². The Hall–Kier alpha value is -3.22. The topological polar surface area (TPSA) is 75.7 Å². The Morgan fingerprint density at radius 3 is 2.59 bits per heavy atom. The van der Waals surface area contributed by atoms with E-state index < -0.39 is 17.7 Å². The zero-order valence-electron chi connectivity index (χ0n) is 14.8. The lowest BCUT2D eigenvalue weighted by Gasteiger charge is -2.17. The number of halogens is 1. The Bertz CT molecular complexity index is 867. The van der Waals surface area contributed by atoms with E-state index in [4.69, 9.17) is 4.74 Å². The monoisotopic (exact) mass is 370 g/mol. The second-order valence-corrected chi connectivity index (χ2v) is 6.14. The lowest BCUT2D eigenvalue weighted by molar-refractivity contribution is -0.122. The average molecular weight is 370 g/mol. The van der Waals surface area contributed by atoms with Gasteiger partial charge in [-0.3, -0.25) is 9.59 Å². The lowest BCUT2D eigenvalue weighted by Crippen LogP contribution is -2.28.